The topological polar surface area (TPSA) is 34.0 Å². The third-order valence-corrected chi connectivity index (χ3v) is 10.8. The summed E-state index contributed by atoms with van der Waals surface area (Å²) in [5.41, 5.74) is 14.8. The number of anilines is 3. The van der Waals surface area contributed by atoms with E-state index in [1.54, 1.807) is 0 Å². The van der Waals surface area contributed by atoms with Gasteiger partial charge in [0.25, 0.3) is 0 Å². The van der Waals surface area contributed by atoms with Crippen molar-refractivity contribution in [2.75, 3.05) is 4.90 Å². The molecule has 10 aromatic rings. The molecule has 11 rings (SSSR count). The second kappa shape index (κ2) is 12.1. The second-order valence-electron chi connectivity index (χ2n) is 13.8. The van der Waals surface area contributed by atoms with Crippen molar-refractivity contribution in [3.05, 3.63) is 194 Å². The van der Waals surface area contributed by atoms with Crippen molar-refractivity contribution in [1.29, 1.82) is 0 Å². The normalized spacial score (nSPS) is 12.0. The molecule has 252 valence electrons. The highest BCUT2D eigenvalue weighted by Gasteiger charge is 2.31. The third-order valence-electron chi connectivity index (χ3n) is 10.8. The lowest BCUT2D eigenvalue weighted by molar-refractivity contribution is 1.08. The number of hydrogen-bond acceptors (Lipinski definition) is 3. The van der Waals surface area contributed by atoms with Gasteiger partial charge in [-0.05, 0) is 93.9 Å². The summed E-state index contributed by atoms with van der Waals surface area (Å²) in [4.78, 5) is 12.1. The predicted molar refractivity (Wildman–Crippen MR) is 224 cm³/mol. The summed E-state index contributed by atoms with van der Waals surface area (Å²) in [6, 6.07) is 65.2. The van der Waals surface area contributed by atoms with Gasteiger partial charge in [0.15, 0.2) is 0 Å². The zero-order valence-electron chi connectivity index (χ0n) is 29.3. The van der Waals surface area contributed by atoms with Crippen LogP contribution in [0.5, 0.6) is 0 Å². The molecule has 1 aliphatic rings. The van der Waals surface area contributed by atoms with Gasteiger partial charge in [-0.2, -0.15) is 0 Å². The maximum Gasteiger partial charge on any atom is 0.137 e. The van der Waals surface area contributed by atoms with E-state index >= 15 is 0 Å². The van der Waals surface area contributed by atoms with Gasteiger partial charge >= 0.3 is 0 Å². The Hall–Kier alpha value is -7.30. The molecule has 0 bridgehead atoms. The first-order valence-electron chi connectivity index (χ1n) is 18.3. The highest BCUT2D eigenvalue weighted by atomic mass is 15.2. The van der Waals surface area contributed by atoms with Gasteiger partial charge in [0.1, 0.15) is 5.82 Å². The van der Waals surface area contributed by atoms with Crippen LogP contribution in [0.2, 0.25) is 0 Å². The Morgan fingerprint density at radius 2 is 1.11 bits per heavy atom. The minimum Gasteiger partial charge on any atom is -0.309 e. The molecular formula is C50H32N4. The quantitative estimate of drug-likeness (QED) is 0.180. The number of nitrogens with zero attached hydrogens (tertiary/aromatic N) is 4. The molecule has 0 spiro atoms. The summed E-state index contributed by atoms with van der Waals surface area (Å²) < 4.78 is 2.32. The molecule has 0 aliphatic carbocycles. The molecule has 0 saturated carbocycles. The van der Waals surface area contributed by atoms with E-state index in [9.17, 15) is 0 Å². The van der Waals surface area contributed by atoms with Crippen LogP contribution in [0, 0.1) is 0 Å². The summed E-state index contributed by atoms with van der Waals surface area (Å²) in [5.74, 6) is 0.860. The van der Waals surface area contributed by atoms with E-state index in [1.165, 1.54) is 66.3 Å². The number of rotatable bonds is 5. The van der Waals surface area contributed by atoms with E-state index in [1.807, 2.05) is 30.6 Å². The fourth-order valence-corrected chi connectivity index (χ4v) is 8.44. The standard InChI is InChI=1S/C50H32N4/c1-4-13-33(14-5-1)35-22-27-44-42(31-35)49-46(54(44)47-29-23-36(32-52-47)43-20-10-11-30-51-43)28-26-41-40-25-24-38(34-15-6-2-7-16-34)39-19-12-21-45(48(39)40)53(50(41)49)37-17-8-3-9-18-37/h1-32H. The van der Waals surface area contributed by atoms with Gasteiger partial charge in [0.2, 0.25) is 0 Å². The fourth-order valence-electron chi connectivity index (χ4n) is 8.44. The number of hydrogen-bond donors (Lipinski definition) is 0. The van der Waals surface area contributed by atoms with Crippen molar-refractivity contribution in [1.82, 2.24) is 14.5 Å². The van der Waals surface area contributed by atoms with E-state index in [2.05, 4.69) is 178 Å². The van der Waals surface area contributed by atoms with E-state index in [0.29, 0.717) is 0 Å². The molecule has 0 atom stereocenters. The molecule has 4 heteroatoms. The van der Waals surface area contributed by atoms with Crippen molar-refractivity contribution < 1.29 is 0 Å². The Morgan fingerprint density at radius 3 is 1.87 bits per heavy atom. The number of para-hydroxylation sites is 1. The van der Waals surface area contributed by atoms with Gasteiger partial charge in [-0.1, -0.05) is 121 Å². The molecule has 0 radical (unpaired) electrons. The predicted octanol–water partition coefficient (Wildman–Crippen LogP) is 13.2. The smallest absolute Gasteiger partial charge is 0.137 e. The Labute approximate surface area is 312 Å². The molecule has 54 heavy (non-hydrogen) atoms. The summed E-state index contributed by atoms with van der Waals surface area (Å²) in [5, 5.41) is 4.87. The number of pyridine rings is 2. The number of aromatic nitrogens is 3. The molecule has 3 aromatic heterocycles. The third kappa shape index (κ3) is 4.64. The zero-order chi connectivity index (χ0) is 35.6. The molecule has 1 aliphatic heterocycles. The molecule has 0 saturated heterocycles. The first-order valence-corrected chi connectivity index (χ1v) is 18.3. The summed E-state index contributed by atoms with van der Waals surface area (Å²) in [7, 11) is 0. The van der Waals surface area contributed by atoms with Crippen LogP contribution in [0.15, 0.2) is 194 Å². The van der Waals surface area contributed by atoms with Crippen LogP contribution in [0.4, 0.5) is 17.1 Å². The monoisotopic (exact) mass is 688 g/mol. The summed E-state index contributed by atoms with van der Waals surface area (Å²) in [6.45, 7) is 0. The Kier molecular flexibility index (Phi) is 6.82. The highest BCUT2D eigenvalue weighted by Crippen LogP contribution is 2.56. The Morgan fingerprint density at radius 1 is 0.407 bits per heavy atom. The minimum atomic E-state index is 0.860. The van der Waals surface area contributed by atoms with Crippen LogP contribution in [0.3, 0.4) is 0 Å². The highest BCUT2D eigenvalue weighted by molar-refractivity contribution is 6.26. The second-order valence-corrected chi connectivity index (χ2v) is 13.8. The van der Waals surface area contributed by atoms with Gasteiger partial charge in [0.05, 0.1) is 28.1 Å². The fraction of sp³-hybridized carbons (Fsp3) is 0. The average molecular weight is 689 g/mol. The van der Waals surface area contributed by atoms with E-state index in [4.69, 9.17) is 4.98 Å². The van der Waals surface area contributed by atoms with Gasteiger partial charge in [0, 0.05) is 45.4 Å². The van der Waals surface area contributed by atoms with Gasteiger partial charge < -0.3 is 4.90 Å². The molecular weight excluding hydrogens is 657 g/mol. The van der Waals surface area contributed by atoms with Crippen molar-refractivity contribution in [2.24, 2.45) is 0 Å². The van der Waals surface area contributed by atoms with Crippen LogP contribution in [-0.2, 0) is 0 Å². The lowest BCUT2D eigenvalue weighted by Crippen LogP contribution is -2.15. The number of fused-ring (bicyclic) bond motifs is 6. The van der Waals surface area contributed by atoms with Crippen LogP contribution in [0.1, 0.15) is 0 Å². The summed E-state index contributed by atoms with van der Waals surface area (Å²) >= 11 is 0. The number of benzene rings is 7. The molecule has 7 aromatic carbocycles. The molecule has 4 nitrogen and oxygen atoms in total. The van der Waals surface area contributed by atoms with Gasteiger partial charge in [-0.3, -0.25) is 9.55 Å². The van der Waals surface area contributed by atoms with Crippen molar-refractivity contribution >= 4 is 49.6 Å². The maximum atomic E-state index is 5.08. The van der Waals surface area contributed by atoms with Crippen molar-refractivity contribution in [2.45, 2.75) is 0 Å². The van der Waals surface area contributed by atoms with Crippen LogP contribution in [-0.4, -0.2) is 14.5 Å². The van der Waals surface area contributed by atoms with Crippen LogP contribution >= 0.6 is 0 Å². The Balaban J connectivity index is 1.24. The first-order chi connectivity index (χ1) is 26.8. The van der Waals surface area contributed by atoms with Crippen LogP contribution in [0.25, 0.3) is 83.0 Å². The van der Waals surface area contributed by atoms with Crippen molar-refractivity contribution in [3.63, 3.8) is 0 Å². The molecule has 0 fully saturated rings. The largest absolute Gasteiger partial charge is 0.309 e. The van der Waals surface area contributed by atoms with Crippen molar-refractivity contribution in [3.8, 4) is 50.5 Å². The minimum absolute atomic E-state index is 0.860. The van der Waals surface area contributed by atoms with E-state index < -0.39 is 0 Å². The van der Waals surface area contributed by atoms with Crippen LogP contribution < -0.4 is 4.90 Å². The first kappa shape index (κ1) is 30.3. The molecule has 0 amide bonds. The molecule has 4 heterocycles. The van der Waals surface area contributed by atoms with E-state index in [-0.39, 0.29) is 0 Å². The van der Waals surface area contributed by atoms with E-state index in [0.717, 1.165) is 33.8 Å². The summed E-state index contributed by atoms with van der Waals surface area (Å²) in [6.07, 6.45) is 3.76. The molecule has 0 N–H and O–H groups in total. The Bertz CT molecular complexity index is 3010. The SMILES string of the molecule is c1ccc(-c2ccc3c(c2)c2c4c(ccc2n3-c2ccc(-c3ccccn3)cn2)-c2ccc(-c3ccccc3)c3cccc(c23)N4c2ccccc2)cc1. The average Bonchev–Trinajstić information content (AvgIpc) is 3.59. The van der Waals surface area contributed by atoms with Gasteiger partial charge in [-0.15, -0.1) is 0 Å². The maximum absolute atomic E-state index is 5.08. The van der Waals surface area contributed by atoms with Gasteiger partial charge in [-0.25, -0.2) is 4.98 Å². The lowest BCUT2D eigenvalue weighted by atomic mass is 9.86. The molecule has 0 unspecified atom stereocenters. The lowest BCUT2D eigenvalue weighted by Gasteiger charge is -2.34. The zero-order valence-corrected chi connectivity index (χ0v) is 29.3.